The van der Waals surface area contributed by atoms with Crippen LogP contribution >= 0.6 is 0 Å². The van der Waals surface area contributed by atoms with Crippen LogP contribution in [-0.4, -0.2) is 53.5 Å². The highest BCUT2D eigenvalue weighted by Gasteiger charge is 2.31. The molecule has 0 unspecified atom stereocenters. The molecule has 2 aromatic carbocycles. The summed E-state index contributed by atoms with van der Waals surface area (Å²) >= 11 is 0. The van der Waals surface area contributed by atoms with Crippen molar-refractivity contribution in [3.63, 3.8) is 0 Å². The number of anilines is 1. The van der Waals surface area contributed by atoms with E-state index < -0.39 is 5.41 Å². The average molecular weight is 555 g/mol. The lowest BCUT2D eigenvalue weighted by Crippen LogP contribution is -2.32. The third kappa shape index (κ3) is 5.60. The fraction of sp³-hybridized carbons (Fsp3) is 0.333. The molecule has 2 N–H and O–H groups in total. The second kappa shape index (κ2) is 10.6. The van der Waals surface area contributed by atoms with Crippen LogP contribution in [0.4, 0.5) is 5.95 Å². The van der Waals surface area contributed by atoms with Crippen molar-refractivity contribution in [2.75, 3.05) is 18.9 Å². The number of nitrogens with zero attached hydrogens (tertiary/aromatic N) is 7. The van der Waals surface area contributed by atoms with Crippen LogP contribution in [-0.2, 0) is 15.1 Å². The molecule has 0 radical (unpaired) electrons. The molecule has 0 aliphatic rings. The fourth-order valence-electron chi connectivity index (χ4n) is 4.57. The van der Waals surface area contributed by atoms with Crippen molar-refractivity contribution in [2.24, 2.45) is 5.41 Å². The van der Waals surface area contributed by atoms with Gasteiger partial charge in [0.25, 0.3) is 0 Å². The second-order valence-corrected chi connectivity index (χ2v) is 11.4. The smallest absolute Gasteiger partial charge is 0.314 e. The number of nitrogen functional groups attached to an aromatic ring is 1. The zero-order valence-corrected chi connectivity index (χ0v) is 24.1. The van der Waals surface area contributed by atoms with Crippen LogP contribution in [0.15, 0.2) is 61.4 Å². The van der Waals surface area contributed by atoms with Crippen LogP contribution in [0.25, 0.3) is 39.2 Å². The van der Waals surface area contributed by atoms with E-state index in [9.17, 15) is 4.79 Å². The topological polar surface area (TPSA) is 136 Å². The van der Waals surface area contributed by atoms with Crippen LogP contribution in [0.3, 0.4) is 0 Å². The highest BCUT2D eigenvalue weighted by Crippen LogP contribution is 2.37. The van der Waals surface area contributed by atoms with Crippen molar-refractivity contribution in [3.05, 3.63) is 61.4 Å². The van der Waals surface area contributed by atoms with Gasteiger partial charge in [-0.3, -0.25) is 4.79 Å². The molecule has 0 atom stereocenters. The Hall–Kier alpha value is -4.80. The van der Waals surface area contributed by atoms with Gasteiger partial charge in [0.1, 0.15) is 30.8 Å². The summed E-state index contributed by atoms with van der Waals surface area (Å²) in [5.74, 6) is 1.27. The van der Waals surface area contributed by atoms with E-state index in [1.165, 1.54) is 6.33 Å². The Kier molecular flexibility index (Phi) is 7.20. The van der Waals surface area contributed by atoms with E-state index in [2.05, 4.69) is 51.5 Å². The lowest BCUT2D eigenvalue weighted by atomic mass is 9.95. The van der Waals surface area contributed by atoms with Gasteiger partial charge in [-0.05, 0) is 71.4 Å². The van der Waals surface area contributed by atoms with Gasteiger partial charge in [0.2, 0.25) is 5.95 Å². The average Bonchev–Trinajstić information content (AvgIpc) is 3.60. The van der Waals surface area contributed by atoms with Gasteiger partial charge in [0, 0.05) is 35.1 Å². The first-order chi connectivity index (χ1) is 19.5. The number of nitrogens with two attached hydrogens (primary N) is 1. The van der Waals surface area contributed by atoms with Gasteiger partial charge in [-0.15, -0.1) is 0 Å². The molecule has 212 valence electrons. The summed E-state index contributed by atoms with van der Waals surface area (Å²) in [6.45, 7) is 12.3. The number of hydrogen-bond donors (Lipinski definition) is 1. The summed E-state index contributed by atoms with van der Waals surface area (Å²) in [7, 11) is 0. The highest BCUT2D eigenvalue weighted by atomic mass is 16.5. The third-order valence-corrected chi connectivity index (χ3v) is 6.63. The molecule has 0 amide bonds. The van der Waals surface area contributed by atoms with Gasteiger partial charge in [-0.1, -0.05) is 6.07 Å². The van der Waals surface area contributed by atoms with E-state index in [1.54, 1.807) is 44.2 Å². The molecule has 11 heteroatoms. The molecule has 0 saturated heterocycles. The molecule has 0 aliphatic heterocycles. The molecule has 11 nitrogen and oxygen atoms in total. The Bertz CT molecular complexity index is 1680. The number of aromatic nitrogens is 7. The first-order valence-electron chi connectivity index (χ1n) is 13.4. The summed E-state index contributed by atoms with van der Waals surface area (Å²) in [5.41, 5.74) is 9.75. The lowest BCUT2D eigenvalue weighted by Gasteiger charge is -2.26. The van der Waals surface area contributed by atoms with Crippen LogP contribution in [0.5, 0.6) is 5.75 Å². The van der Waals surface area contributed by atoms with E-state index in [0.29, 0.717) is 12.4 Å². The highest BCUT2D eigenvalue weighted by molar-refractivity contribution is 5.87. The minimum absolute atomic E-state index is 0.153. The Morgan fingerprint density at radius 2 is 1.76 bits per heavy atom. The number of fused-ring (bicyclic) bond motifs is 1. The first-order valence-corrected chi connectivity index (χ1v) is 13.4. The molecule has 3 heterocycles. The normalized spacial score (nSPS) is 12.0. The maximum Gasteiger partial charge on any atom is 0.314 e. The zero-order valence-electron chi connectivity index (χ0n) is 24.1. The van der Waals surface area contributed by atoms with Crippen molar-refractivity contribution < 1.29 is 14.3 Å². The van der Waals surface area contributed by atoms with Crippen molar-refractivity contribution in [1.82, 2.24) is 34.3 Å². The summed E-state index contributed by atoms with van der Waals surface area (Å²) in [6.07, 6.45) is 6.52. The second-order valence-electron chi connectivity index (χ2n) is 11.4. The molecule has 0 saturated carbocycles. The van der Waals surface area contributed by atoms with Gasteiger partial charge in [0.05, 0.1) is 28.7 Å². The number of hydrogen-bond acceptors (Lipinski definition) is 9. The molecule has 0 spiro atoms. The van der Waals surface area contributed by atoms with Crippen molar-refractivity contribution in [2.45, 2.75) is 47.1 Å². The summed E-state index contributed by atoms with van der Waals surface area (Å²) in [4.78, 5) is 29.9. The van der Waals surface area contributed by atoms with Crippen molar-refractivity contribution >= 4 is 23.0 Å². The quantitative estimate of drug-likeness (QED) is 0.261. The summed E-state index contributed by atoms with van der Waals surface area (Å²) in [6, 6.07) is 11.8. The number of carbonyl (C=O) groups excluding carboxylic acids is 1. The van der Waals surface area contributed by atoms with E-state index in [-0.39, 0.29) is 24.1 Å². The fourth-order valence-corrected chi connectivity index (χ4v) is 4.57. The Morgan fingerprint density at radius 3 is 2.41 bits per heavy atom. The number of esters is 1. The maximum absolute atomic E-state index is 12.4. The van der Waals surface area contributed by atoms with Crippen LogP contribution in [0.2, 0.25) is 0 Å². The van der Waals surface area contributed by atoms with Gasteiger partial charge in [0.15, 0.2) is 0 Å². The molecule has 3 aromatic heterocycles. The molecular formula is C30H34N8O3. The molecule has 0 fully saturated rings. The minimum Gasteiger partial charge on any atom is -0.492 e. The molecule has 41 heavy (non-hydrogen) atoms. The van der Waals surface area contributed by atoms with E-state index in [0.717, 1.165) is 39.2 Å². The van der Waals surface area contributed by atoms with Crippen molar-refractivity contribution in [1.29, 1.82) is 0 Å². The predicted octanol–water partition coefficient (Wildman–Crippen LogP) is 5.05. The van der Waals surface area contributed by atoms with Crippen LogP contribution < -0.4 is 10.5 Å². The van der Waals surface area contributed by atoms with E-state index in [1.807, 2.05) is 30.3 Å². The molecule has 5 aromatic rings. The lowest BCUT2D eigenvalue weighted by molar-refractivity contribution is -0.155. The van der Waals surface area contributed by atoms with Crippen LogP contribution in [0, 0.1) is 5.41 Å². The third-order valence-electron chi connectivity index (χ3n) is 6.63. The largest absolute Gasteiger partial charge is 0.492 e. The van der Waals surface area contributed by atoms with E-state index in [4.69, 9.17) is 20.2 Å². The number of rotatable bonds is 8. The van der Waals surface area contributed by atoms with Gasteiger partial charge in [-0.2, -0.15) is 5.10 Å². The maximum atomic E-state index is 12.4. The number of ether oxygens (including phenoxy) is 2. The number of carbonyl (C=O) groups is 1. The van der Waals surface area contributed by atoms with Gasteiger partial charge < -0.3 is 19.8 Å². The number of imidazole rings is 1. The monoisotopic (exact) mass is 554 g/mol. The van der Waals surface area contributed by atoms with Crippen molar-refractivity contribution in [3.8, 4) is 34.0 Å². The summed E-state index contributed by atoms with van der Waals surface area (Å²) < 4.78 is 15.2. The molecule has 5 rings (SSSR count). The molecular weight excluding hydrogens is 520 g/mol. The SMILES string of the molecule is CCOC(=O)C(C)(C)COc1ccc(-c2nc3cc(-c4cnc(N)nc4)ccc3n2C(C)(C)C)c(-n2cncn2)c1. The van der Waals surface area contributed by atoms with Crippen LogP contribution in [0.1, 0.15) is 41.5 Å². The minimum atomic E-state index is -0.810. The first kappa shape index (κ1) is 27.8. The molecule has 0 aliphatic carbocycles. The van der Waals surface area contributed by atoms with Gasteiger partial charge >= 0.3 is 5.97 Å². The zero-order chi connectivity index (χ0) is 29.4. The Labute approximate surface area is 238 Å². The van der Waals surface area contributed by atoms with Gasteiger partial charge in [-0.25, -0.2) is 24.6 Å². The molecule has 0 bridgehead atoms. The number of benzene rings is 2. The van der Waals surface area contributed by atoms with E-state index >= 15 is 0 Å². The predicted molar refractivity (Wildman–Crippen MR) is 156 cm³/mol. The Morgan fingerprint density at radius 1 is 1.00 bits per heavy atom. The Balaban J connectivity index is 1.61. The standard InChI is InChI=1S/C30H34N8O3/c1-7-40-27(39)30(5,6)16-41-21-9-10-22(25(13-21)37-18-32-17-35-37)26-36-23-12-19(20-14-33-28(31)34-15-20)8-11-24(23)38(26)29(2,3)4/h8-15,17-18H,7,16H2,1-6H3,(H2,31,33,34). The summed E-state index contributed by atoms with van der Waals surface area (Å²) in [5, 5.41) is 4.40.